The number of aryl methyl sites for hydroxylation is 1. The van der Waals surface area contributed by atoms with Crippen LogP contribution in [0.3, 0.4) is 0 Å². The molecule has 0 aliphatic rings. The number of nitrogens with one attached hydrogen (secondary N) is 2. The Hall–Kier alpha value is -3.13. The topological polar surface area (TPSA) is 37.0 Å². The Bertz CT molecular complexity index is 1260. The van der Waals surface area contributed by atoms with Crippen molar-refractivity contribution in [3.63, 3.8) is 0 Å². The molecule has 0 amide bonds. The third-order valence-electron chi connectivity index (χ3n) is 4.95. The van der Waals surface area contributed by atoms with Gasteiger partial charge in [-0.3, -0.25) is 0 Å². The first-order chi connectivity index (χ1) is 14.1. The number of pyridine rings is 1. The predicted octanol–water partition coefficient (Wildman–Crippen LogP) is 5.68. The van der Waals surface area contributed by atoms with E-state index in [2.05, 4.69) is 60.4 Å². The maximum Gasteiger partial charge on any atom is 0.0717 e. The molecule has 4 rings (SSSR count). The Labute approximate surface area is 175 Å². The van der Waals surface area contributed by atoms with E-state index in [0.717, 1.165) is 56.9 Å². The summed E-state index contributed by atoms with van der Waals surface area (Å²) in [5.41, 5.74) is 6.11. The number of terminal acetylenes is 1. The number of anilines is 1. The first kappa shape index (κ1) is 19.2. The fourth-order valence-corrected chi connectivity index (χ4v) is 4.67. The highest BCUT2D eigenvalue weighted by Gasteiger charge is 2.14. The van der Waals surface area contributed by atoms with Crippen molar-refractivity contribution < 1.29 is 0 Å². The van der Waals surface area contributed by atoms with Gasteiger partial charge in [-0.2, -0.15) is 0 Å². The molecule has 0 saturated heterocycles. The minimum atomic E-state index is 0.850. The average Bonchev–Trinajstić information content (AvgIpc) is 3.11. The molecule has 2 aromatic heterocycles. The van der Waals surface area contributed by atoms with E-state index >= 15 is 0 Å². The van der Waals surface area contributed by atoms with Gasteiger partial charge in [0.2, 0.25) is 0 Å². The number of fused-ring (bicyclic) bond motifs is 3. The molecule has 0 saturated carbocycles. The summed E-state index contributed by atoms with van der Waals surface area (Å²) in [6, 6.07) is 14.7. The molecule has 29 heavy (non-hydrogen) atoms. The van der Waals surface area contributed by atoms with Gasteiger partial charge < -0.3 is 10.6 Å². The van der Waals surface area contributed by atoms with Crippen LogP contribution in [0.5, 0.6) is 0 Å². The molecular weight excluding hydrogens is 374 g/mol. The Kier molecular flexibility index (Phi) is 5.35. The maximum absolute atomic E-state index is 5.61. The number of aromatic nitrogens is 1. The van der Waals surface area contributed by atoms with E-state index in [4.69, 9.17) is 11.4 Å². The van der Waals surface area contributed by atoms with Crippen molar-refractivity contribution in [3.05, 3.63) is 65.0 Å². The quantitative estimate of drug-likeness (QED) is 0.325. The average molecular weight is 398 g/mol. The van der Waals surface area contributed by atoms with Crippen LogP contribution in [0.4, 0.5) is 5.69 Å². The van der Waals surface area contributed by atoms with Gasteiger partial charge in [-0.05, 0) is 62.0 Å². The van der Waals surface area contributed by atoms with Gasteiger partial charge in [0.15, 0.2) is 0 Å². The van der Waals surface area contributed by atoms with E-state index in [9.17, 15) is 0 Å². The van der Waals surface area contributed by atoms with E-state index in [0.29, 0.717) is 0 Å². The maximum atomic E-state index is 5.61. The van der Waals surface area contributed by atoms with Crippen LogP contribution in [0.15, 0.2) is 49.0 Å². The zero-order chi connectivity index (χ0) is 20.4. The Morgan fingerprint density at radius 1 is 1.17 bits per heavy atom. The molecule has 0 unspecified atom stereocenters. The third kappa shape index (κ3) is 3.63. The summed E-state index contributed by atoms with van der Waals surface area (Å²) in [4.78, 5) is 6.11. The van der Waals surface area contributed by atoms with Crippen molar-refractivity contribution in [1.82, 2.24) is 10.3 Å². The van der Waals surface area contributed by atoms with Gasteiger partial charge in [0.05, 0.1) is 21.8 Å². The lowest BCUT2D eigenvalue weighted by Gasteiger charge is -2.10. The second-order valence-corrected chi connectivity index (χ2v) is 8.09. The van der Waals surface area contributed by atoms with Gasteiger partial charge in [0.25, 0.3) is 0 Å². The third-order valence-corrected chi connectivity index (χ3v) is 6.10. The number of hydrogen-bond donors (Lipinski definition) is 2. The van der Waals surface area contributed by atoms with Crippen molar-refractivity contribution in [3.8, 4) is 23.6 Å². The number of hydrogen-bond acceptors (Lipinski definition) is 4. The second kappa shape index (κ2) is 8.08. The van der Waals surface area contributed by atoms with Crippen LogP contribution < -0.4 is 10.6 Å². The summed E-state index contributed by atoms with van der Waals surface area (Å²) in [7, 11) is 1.96. The van der Waals surface area contributed by atoms with Crippen LogP contribution in [-0.2, 0) is 0 Å². The summed E-state index contributed by atoms with van der Waals surface area (Å²) in [6.07, 6.45) is 7.54. The number of benzene rings is 2. The Morgan fingerprint density at radius 2 is 2.03 bits per heavy atom. The van der Waals surface area contributed by atoms with E-state index in [1.54, 1.807) is 11.3 Å². The van der Waals surface area contributed by atoms with Crippen molar-refractivity contribution in [2.45, 2.75) is 6.92 Å². The van der Waals surface area contributed by atoms with Crippen molar-refractivity contribution >= 4 is 44.1 Å². The molecule has 0 aliphatic carbocycles. The van der Waals surface area contributed by atoms with Gasteiger partial charge in [-0.1, -0.05) is 18.6 Å². The molecule has 0 bridgehead atoms. The molecule has 0 aliphatic heterocycles. The van der Waals surface area contributed by atoms with E-state index in [1.165, 1.54) is 10.1 Å². The largest absolute Gasteiger partial charge is 0.382 e. The minimum absolute atomic E-state index is 0.850. The van der Waals surface area contributed by atoms with Crippen molar-refractivity contribution in [2.24, 2.45) is 0 Å². The van der Waals surface area contributed by atoms with E-state index < -0.39 is 0 Å². The summed E-state index contributed by atoms with van der Waals surface area (Å²) in [5, 5.41) is 9.12. The summed E-state index contributed by atoms with van der Waals surface area (Å²) >= 11 is 1.75. The van der Waals surface area contributed by atoms with Crippen LogP contribution in [0.25, 0.3) is 38.3 Å². The Morgan fingerprint density at radius 3 is 2.79 bits per heavy atom. The van der Waals surface area contributed by atoms with Gasteiger partial charge >= 0.3 is 0 Å². The van der Waals surface area contributed by atoms with Gasteiger partial charge in [-0.15, -0.1) is 17.8 Å². The second-order valence-electron chi connectivity index (χ2n) is 7.01. The molecule has 2 aromatic carbocycles. The number of nitrogens with zero attached hydrogens (tertiary/aromatic N) is 1. The highest BCUT2D eigenvalue weighted by Crippen LogP contribution is 2.41. The summed E-state index contributed by atoms with van der Waals surface area (Å²) in [5.74, 6) is 2.73. The molecule has 2 N–H and O–H groups in total. The fourth-order valence-electron chi connectivity index (χ4n) is 3.63. The SMILES string of the molecule is C#Cc1cc(C)cc(-c2ccc3c(ccc4sc(C=C)c(NCCNC)c43)n2)c1. The number of thiophene rings is 1. The standard InChI is InChI=1S/C25H23N3S/c1-5-17-13-16(3)14-18(15-17)20-8-7-19-21(28-20)9-10-23-24(19)25(22(6-2)29-23)27-12-11-26-4/h1,6-10,13-15,26-27H,2,11-12H2,3-4H3. The molecule has 0 radical (unpaired) electrons. The van der Waals surface area contributed by atoms with Crippen LogP contribution in [-0.4, -0.2) is 25.1 Å². The molecule has 2 heterocycles. The summed E-state index contributed by atoms with van der Waals surface area (Å²) in [6.45, 7) is 7.80. The normalized spacial score (nSPS) is 10.9. The highest BCUT2D eigenvalue weighted by atomic mass is 32.1. The zero-order valence-corrected chi connectivity index (χ0v) is 17.5. The number of likely N-dealkylation sites (N-methyl/N-ethyl adjacent to an activating group) is 1. The van der Waals surface area contributed by atoms with Crippen molar-refractivity contribution in [1.29, 1.82) is 0 Å². The van der Waals surface area contributed by atoms with Crippen molar-refractivity contribution in [2.75, 3.05) is 25.5 Å². The van der Waals surface area contributed by atoms with E-state index in [-0.39, 0.29) is 0 Å². The van der Waals surface area contributed by atoms with Gasteiger partial charge in [-0.25, -0.2) is 4.98 Å². The first-order valence-electron chi connectivity index (χ1n) is 9.60. The lowest BCUT2D eigenvalue weighted by molar-refractivity contribution is 0.824. The monoisotopic (exact) mass is 397 g/mol. The molecule has 0 spiro atoms. The van der Waals surface area contributed by atoms with Gasteiger partial charge in [0.1, 0.15) is 0 Å². The molecule has 4 aromatic rings. The molecule has 0 fully saturated rings. The van der Waals surface area contributed by atoms with Crippen LogP contribution in [0, 0.1) is 19.3 Å². The predicted molar refractivity (Wildman–Crippen MR) is 128 cm³/mol. The Balaban J connectivity index is 1.87. The molecule has 4 heteroatoms. The highest BCUT2D eigenvalue weighted by molar-refractivity contribution is 7.20. The first-order valence-corrected chi connectivity index (χ1v) is 10.4. The molecule has 3 nitrogen and oxygen atoms in total. The minimum Gasteiger partial charge on any atom is -0.382 e. The fraction of sp³-hybridized carbons (Fsp3) is 0.160. The van der Waals surface area contributed by atoms with Crippen LogP contribution in [0.1, 0.15) is 16.0 Å². The van der Waals surface area contributed by atoms with E-state index in [1.807, 2.05) is 25.3 Å². The number of rotatable bonds is 6. The molecule has 144 valence electrons. The lowest BCUT2D eigenvalue weighted by atomic mass is 10.0. The van der Waals surface area contributed by atoms with Crippen LogP contribution >= 0.6 is 11.3 Å². The van der Waals surface area contributed by atoms with Crippen LogP contribution in [0.2, 0.25) is 0 Å². The molecular formula is C25H23N3S. The smallest absolute Gasteiger partial charge is 0.0717 e. The zero-order valence-electron chi connectivity index (χ0n) is 16.7. The van der Waals surface area contributed by atoms with Gasteiger partial charge in [0, 0.05) is 39.7 Å². The summed E-state index contributed by atoms with van der Waals surface area (Å²) < 4.78 is 1.24. The molecule has 0 atom stereocenters. The lowest BCUT2D eigenvalue weighted by Crippen LogP contribution is -2.17.